The predicted octanol–water partition coefficient (Wildman–Crippen LogP) is 7.98. The van der Waals surface area contributed by atoms with Crippen molar-refractivity contribution in [2.45, 2.75) is 35.7 Å². The first-order valence-corrected chi connectivity index (χ1v) is 13.2. The van der Waals surface area contributed by atoms with Crippen molar-refractivity contribution in [2.24, 2.45) is 0 Å². The quantitative estimate of drug-likeness (QED) is 0.272. The van der Waals surface area contributed by atoms with Crippen LogP contribution < -0.4 is 10.6 Å². The molecule has 2 spiro atoms. The van der Waals surface area contributed by atoms with Gasteiger partial charge >= 0.3 is 0 Å². The smallest absolute Gasteiger partial charge is 0.118 e. The zero-order valence-electron chi connectivity index (χ0n) is 17.2. The molecule has 2 nitrogen and oxygen atoms in total. The molecule has 4 aromatic rings. The third-order valence-electron chi connectivity index (χ3n) is 6.38. The van der Waals surface area contributed by atoms with Gasteiger partial charge in [0.2, 0.25) is 0 Å². The summed E-state index contributed by atoms with van der Waals surface area (Å²) in [5, 5.41) is 7.96. The average molecular weight is 469 g/mol. The first-order chi connectivity index (χ1) is 15.7. The molecular weight excluding hydrogens is 449 g/mol. The van der Waals surface area contributed by atoms with Crippen LogP contribution in [0.15, 0.2) is 117 Å². The second-order valence-electron chi connectivity index (χ2n) is 8.37. The molecule has 0 aromatic heterocycles. The summed E-state index contributed by atoms with van der Waals surface area (Å²) in [5.41, 5.74) is 5.17. The monoisotopic (exact) mass is 468 g/mol. The van der Waals surface area contributed by atoms with Gasteiger partial charge in [0.05, 0.1) is 0 Å². The van der Waals surface area contributed by atoms with Gasteiger partial charge in [0.15, 0.2) is 0 Å². The fourth-order valence-electron chi connectivity index (χ4n) is 5.02. The maximum Gasteiger partial charge on any atom is 0.118 e. The molecule has 32 heavy (non-hydrogen) atoms. The molecule has 2 atom stereocenters. The van der Waals surface area contributed by atoms with Gasteiger partial charge in [-0.3, -0.25) is 0 Å². The van der Waals surface area contributed by atoms with Crippen LogP contribution in [0.3, 0.4) is 0 Å². The molecule has 5 heteroatoms. The minimum absolute atomic E-state index is 0.261. The minimum Gasteiger partial charge on any atom is -0.366 e. The van der Waals surface area contributed by atoms with E-state index in [0.29, 0.717) is 0 Å². The fourth-order valence-corrected chi connectivity index (χ4v) is 9.46. The summed E-state index contributed by atoms with van der Waals surface area (Å²) >= 11 is 5.81. The van der Waals surface area contributed by atoms with Crippen LogP contribution in [-0.2, 0) is 9.74 Å². The summed E-state index contributed by atoms with van der Waals surface area (Å²) in [4.78, 5) is 4.76. The molecular formula is C27H20N2S3. The number of hydrogen-bond donors (Lipinski definition) is 2. The summed E-state index contributed by atoms with van der Waals surface area (Å²) in [5.74, 6) is 0. The highest BCUT2D eigenvalue weighted by molar-refractivity contribution is 8.02. The number of fused-ring (bicyclic) bond motifs is 6. The average Bonchev–Trinajstić information content (AvgIpc) is 3.38. The van der Waals surface area contributed by atoms with E-state index in [1.54, 1.807) is 0 Å². The third-order valence-corrected chi connectivity index (χ3v) is 10.3. The second kappa shape index (κ2) is 7.01. The summed E-state index contributed by atoms with van der Waals surface area (Å²) in [6.07, 6.45) is 0.910. The molecule has 3 aliphatic heterocycles. The Labute approximate surface area is 200 Å². The van der Waals surface area contributed by atoms with Crippen molar-refractivity contribution in [3.8, 4) is 0 Å². The molecule has 2 unspecified atom stereocenters. The van der Waals surface area contributed by atoms with E-state index in [9.17, 15) is 0 Å². The van der Waals surface area contributed by atoms with Crippen molar-refractivity contribution in [1.82, 2.24) is 0 Å². The van der Waals surface area contributed by atoms with E-state index in [1.165, 1.54) is 42.1 Å². The Bertz CT molecular complexity index is 1210. The van der Waals surface area contributed by atoms with Gasteiger partial charge in [-0.05, 0) is 36.4 Å². The molecule has 0 fully saturated rings. The Morgan fingerprint density at radius 3 is 1.38 bits per heavy atom. The largest absolute Gasteiger partial charge is 0.366 e. The normalized spacial score (nSPS) is 24.5. The molecule has 3 aliphatic rings. The van der Waals surface area contributed by atoms with Gasteiger partial charge in [0.25, 0.3) is 0 Å². The molecule has 7 rings (SSSR count). The third kappa shape index (κ3) is 2.78. The van der Waals surface area contributed by atoms with Gasteiger partial charge in [-0.1, -0.05) is 95.9 Å². The molecule has 0 saturated carbocycles. The number of benzene rings is 4. The summed E-state index contributed by atoms with van der Waals surface area (Å²) in [7, 11) is 0. The highest BCUT2D eigenvalue weighted by atomic mass is 32.2. The van der Waals surface area contributed by atoms with Crippen LogP contribution in [0.2, 0.25) is 0 Å². The maximum absolute atomic E-state index is 3.98. The highest BCUT2D eigenvalue weighted by Gasteiger charge is 2.52. The number of rotatable bonds is 0. The number of nitrogens with one attached hydrogen (secondary N) is 2. The van der Waals surface area contributed by atoms with E-state index in [-0.39, 0.29) is 9.74 Å². The first-order valence-electron chi connectivity index (χ1n) is 10.7. The molecule has 0 amide bonds. The Kier molecular flexibility index (Phi) is 4.17. The van der Waals surface area contributed by atoms with Crippen LogP contribution in [0.5, 0.6) is 0 Å². The topological polar surface area (TPSA) is 24.1 Å². The van der Waals surface area contributed by atoms with Gasteiger partial charge in [-0.25, -0.2) is 0 Å². The van der Waals surface area contributed by atoms with Crippen molar-refractivity contribution in [2.75, 3.05) is 10.6 Å². The zero-order valence-corrected chi connectivity index (χ0v) is 19.6. The van der Waals surface area contributed by atoms with E-state index < -0.39 is 0 Å². The zero-order chi connectivity index (χ0) is 21.2. The molecule has 156 valence electrons. The molecule has 0 bridgehead atoms. The predicted molar refractivity (Wildman–Crippen MR) is 137 cm³/mol. The Morgan fingerprint density at radius 1 is 0.500 bits per heavy atom. The molecule has 0 saturated heterocycles. The van der Waals surface area contributed by atoms with Crippen LogP contribution in [-0.4, -0.2) is 0 Å². The number of para-hydroxylation sites is 2. The lowest BCUT2D eigenvalue weighted by molar-refractivity contribution is 0.528. The highest BCUT2D eigenvalue weighted by Crippen LogP contribution is 2.65. The van der Waals surface area contributed by atoms with E-state index >= 15 is 0 Å². The Hall–Kier alpha value is -2.47. The molecule has 0 radical (unpaired) electrons. The first kappa shape index (κ1) is 19.0. The van der Waals surface area contributed by atoms with Crippen molar-refractivity contribution < 1.29 is 0 Å². The van der Waals surface area contributed by atoms with Crippen LogP contribution in [0.4, 0.5) is 11.4 Å². The van der Waals surface area contributed by atoms with Gasteiger partial charge in [0, 0.05) is 48.5 Å². The lowest BCUT2D eigenvalue weighted by Crippen LogP contribution is -2.41. The minimum atomic E-state index is -0.261. The lowest BCUT2D eigenvalue weighted by atomic mass is 9.92. The van der Waals surface area contributed by atoms with Crippen LogP contribution >= 0.6 is 35.3 Å². The van der Waals surface area contributed by atoms with E-state index in [0.717, 1.165) is 6.42 Å². The summed E-state index contributed by atoms with van der Waals surface area (Å²) in [6, 6.07) is 35.2. The number of hydrogen-bond acceptors (Lipinski definition) is 5. The van der Waals surface area contributed by atoms with Crippen molar-refractivity contribution in [1.29, 1.82) is 0 Å². The van der Waals surface area contributed by atoms with Gasteiger partial charge in [0.1, 0.15) is 9.74 Å². The lowest BCUT2D eigenvalue weighted by Gasteiger charge is -2.42. The van der Waals surface area contributed by atoms with Crippen molar-refractivity contribution >= 4 is 46.7 Å². The SMILES string of the molecule is c1ccc2c(c1)NC1(CC3(Nc4ccccc4S3)c3ccccc3Sc3ccccc31)S2. The molecule has 2 N–H and O–H groups in total. The Balaban J connectivity index is 1.47. The van der Waals surface area contributed by atoms with Crippen molar-refractivity contribution in [3.63, 3.8) is 0 Å². The molecule has 4 aromatic carbocycles. The molecule has 3 heterocycles. The second-order valence-corrected chi connectivity index (χ2v) is 12.1. The van der Waals surface area contributed by atoms with Gasteiger partial charge in [-0.2, -0.15) is 0 Å². The van der Waals surface area contributed by atoms with Crippen LogP contribution in [0.1, 0.15) is 17.5 Å². The van der Waals surface area contributed by atoms with E-state index in [4.69, 9.17) is 0 Å². The fraction of sp³-hybridized carbons (Fsp3) is 0.111. The Morgan fingerprint density at radius 2 is 0.906 bits per heavy atom. The van der Waals surface area contributed by atoms with E-state index in [1.807, 2.05) is 35.3 Å². The van der Waals surface area contributed by atoms with E-state index in [2.05, 4.69) is 108 Å². The summed E-state index contributed by atoms with van der Waals surface area (Å²) in [6.45, 7) is 0. The van der Waals surface area contributed by atoms with Crippen LogP contribution in [0, 0.1) is 0 Å². The number of thioether (sulfide) groups is 2. The van der Waals surface area contributed by atoms with Crippen LogP contribution in [0.25, 0.3) is 0 Å². The van der Waals surface area contributed by atoms with Crippen molar-refractivity contribution in [3.05, 3.63) is 108 Å². The van der Waals surface area contributed by atoms with Gasteiger partial charge < -0.3 is 10.6 Å². The maximum atomic E-state index is 3.98. The van der Waals surface area contributed by atoms with Gasteiger partial charge in [-0.15, -0.1) is 0 Å². The summed E-state index contributed by atoms with van der Waals surface area (Å²) < 4.78 is 0. The standard InChI is InChI=1S/C27H20N2S3/c1-5-13-22-18(9-1)26(28-20-11-3-7-15-24(20)31-26)17-27(19-10-2-6-14-23(19)30-22)29-21-12-4-8-16-25(21)32-27/h1-16,28-29H,17H2. The number of anilines is 2. The molecule has 0 aliphatic carbocycles.